The Morgan fingerprint density at radius 3 is 2.66 bits per heavy atom. The lowest BCUT2D eigenvalue weighted by Crippen LogP contribution is -2.33. The number of nitrogens with one attached hydrogen (secondary N) is 1. The summed E-state index contributed by atoms with van der Waals surface area (Å²) in [5.41, 5.74) is 4.99. The van der Waals surface area contributed by atoms with E-state index in [9.17, 15) is 22.0 Å². The van der Waals surface area contributed by atoms with E-state index in [0.29, 0.717) is 0 Å². The Morgan fingerprint density at radius 2 is 2.00 bits per heavy atom. The highest BCUT2D eigenvalue weighted by molar-refractivity contribution is 7.92. The van der Waals surface area contributed by atoms with Crippen LogP contribution in [-0.2, 0) is 15.4 Å². The second-order valence-corrected chi connectivity index (χ2v) is 9.52. The van der Waals surface area contributed by atoms with Gasteiger partial charge in [0.2, 0.25) is 0 Å². The molecule has 2 aromatic rings. The van der Waals surface area contributed by atoms with E-state index >= 15 is 0 Å². The van der Waals surface area contributed by atoms with Gasteiger partial charge in [0.1, 0.15) is 28.4 Å². The number of amides is 1. The Morgan fingerprint density at radius 1 is 1.28 bits per heavy atom. The summed E-state index contributed by atoms with van der Waals surface area (Å²) in [7, 11) is -3.49. The summed E-state index contributed by atoms with van der Waals surface area (Å²) in [6.07, 6.45) is 0.949. The van der Waals surface area contributed by atoms with Crippen LogP contribution in [0.5, 0.6) is 0 Å². The van der Waals surface area contributed by atoms with E-state index in [1.54, 1.807) is 6.92 Å². The third-order valence-electron chi connectivity index (χ3n) is 4.97. The predicted molar refractivity (Wildman–Crippen MR) is 105 cm³/mol. The molecule has 2 heterocycles. The molecule has 7 nitrogen and oxygen atoms in total. The highest BCUT2D eigenvalue weighted by Gasteiger charge is 2.38. The minimum absolute atomic E-state index is 0.0138. The molecular weight excluding hydrogens is 402 g/mol. The van der Waals surface area contributed by atoms with Crippen molar-refractivity contribution in [2.75, 3.05) is 11.1 Å². The van der Waals surface area contributed by atoms with Gasteiger partial charge in [-0.15, -0.1) is 0 Å². The van der Waals surface area contributed by atoms with Crippen molar-refractivity contribution in [2.24, 2.45) is 10.7 Å². The molecule has 29 heavy (non-hydrogen) atoms. The van der Waals surface area contributed by atoms with Gasteiger partial charge in [0.05, 0.1) is 17.5 Å². The molecule has 0 bridgehead atoms. The molecule has 0 spiro atoms. The number of pyridine rings is 1. The zero-order valence-electron chi connectivity index (χ0n) is 15.8. The minimum atomic E-state index is -3.49. The van der Waals surface area contributed by atoms with Crippen molar-refractivity contribution in [1.29, 1.82) is 0 Å². The molecule has 0 saturated carbocycles. The van der Waals surface area contributed by atoms with Crippen LogP contribution >= 0.6 is 0 Å². The molecular formula is C19H20F2N4O3S. The number of halogens is 2. The van der Waals surface area contributed by atoms with Gasteiger partial charge in [-0.25, -0.2) is 22.2 Å². The molecule has 10 heteroatoms. The number of hydrogen-bond acceptors (Lipinski definition) is 6. The molecule has 154 valence electrons. The molecule has 1 unspecified atom stereocenters. The van der Waals surface area contributed by atoms with Crippen LogP contribution in [0.15, 0.2) is 41.5 Å². The summed E-state index contributed by atoms with van der Waals surface area (Å²) in [6, 6.07) is 6.22. The molecule has 1 aromatic carbocycles. The number of carbonyl (C=O) groups excluding carboxylic acids is 1. The molecule has 0 radical (unpaired) electrons. The first-order valence-corrected chi connectivity index (χ1v) is 10.5. The highest BCUT2D eigenvalue weighted by atomic mass is 32.2. The van der Waals surface area contributed by atoms with Crippen LogP contribution in [-0.4, -0.2) is 36.1 Å². The zero-order chi connectivity index (χ0) is 21.4. The van der Waals surface area contributed by atoms with Gasteiger partial charge in [0, 0.05) is 11.3 Å². The van der Waals surface area contributed by atoms with Crippen molar-refractivity contribution in [2.45, 2.75) is 31.1 Å². The molecule has 1 aliphatic heterocycles. The van der Waals surface area contributed by atoms with Crippen LogP contribution in [0.3, 0.4) is 0 Å². The van der Waals surface area contributed by atoms with Crippen LogP contribution < -0.4 is 11.1 Å². The summed E-state index contributed by atoms with van der Waals surface area (Å²) in [5, 5.41) is 1.61. The van der Waals surface area contributed by atoms with Gasteiger partial charge in [-0.2, -0.15) is 0 Å². The maximum Gasteiger partial charge on any atom is 0.274 e. The molecule has 3 rings (SSSR count). The van der Waals surface area contributed by atoms with E-state index in [0.717, 1.165) is 18.3 Å². The van der Waals surface area contributed by atoms with Crippen LogP contribution in [0.2, 0.25) is 0 Å². The number of nitrogens with zero attached hydrogens (tertiary/aromatic N) is 2. The Balaban J connectivity index is 1.94. The van der Waals surface area contributed by atoms with E-state index in [4.69, 9.17) is 5.73 Å². The van der Waals surface area contributed by atoms with Gasteiger partial charge < -0.3 is 11.1 Å². The van der Waals surface area contributed by atoms with Crippen molar-refractivity contribution < 1.29 is 22.0 Å². The largest absolute Gasteiger partial charge is 0.386 e. The smallest absolute Gasteiger partial charge is 0.274 e. The molecule has 0 saturated heterocycles. The highest BCUT2D eigenvalue weighted by Crippen LogP contribution is 2.36. The quantitative estimate of drug-likeness (QED) is 0.788. The summed E-state index contributed by atoms with van der Waals surface area (Å²) in [4.78, 5) is 20.3. The van der Waals surface area contributed by atoms with E-state index in [1.807, 2.05) is 0 Å². The normalized spacial score (nSPS) is 23.7. The van der Waals surface area contributed by atoms with Crippen molar-refractivity contribution in [1.82, 2.24) is 4.98 Å². The molecule has 1 amide bonds. The number of carbonyl (C=O) groups is 1. The average Bonchev–Trinajstić information content (AvgIpc) is 2.74. The first kappa shape index (κ1) is 20.8. The Hall–Kier alpha value is -2.88. The number of aliphatic imine (C=N–C) groups is 1. The summed E-state index contributed by atoms with van der Waals surface area (Å²) in [5.74, 6) is -2.08. The van der Waals surface area contributed by atoms with E-state index in [-0.39, 0.29) is 35.0 Å². The van der Waals surface area contributed by atoms with Gasteiger partial charge in [0.15, 0.2) is 9.84 Å². The molecule has 1 aliphatic rings. The fourth-order valence-corrected chi connectivity index (χ4v) is 4.51. The first-order chi connectivity index (χ1) is 13.5. The standard InChI is InChI=1S/C19H20F2N4O3S/c1-11-17(22)25-19(2,7-8-29(11,27)28)14-9-13(4-5-15(14)21)24-18(26)16-6-3-12(20)10-23-16/h3-6,9-11H,7-8H2,1-2H3,(H2,22,25)(H,24,26)/t11-,19?/m0/s1. The van der Waals surface area contributed by atoms with Gasteiger partial charge in [-0.05, 0) is 50.6 Å². The van der Waals surface area contributed by atoms with Crippen LogP contribution in [0.25, 0.3) is 0 Å². The van der Waals surface area contributed by atoms with Gasteiger partial charge in [0.25, 0.3) is 5.91 Å². The first-order valence-electron chi connectivity index (χ1n) is 8.81. The zero-order valence-corrected chi connectivity index (χ0v) is 16.6. The molecule has 1 aromatic heterocycles. The number of nitrogens with two attached hydrogens (primary N) is 1. The third-order valence-corrected chi connectivity index (χ3v) is 7.06. The fraction of sp³-hybridized carbons (Fsp3) is 0.316. The fourth-order valence-electron chi connectivity index (χ4n) is 3.05. The Labute approximate surface area is 167 Å². The lowest BCUT2D eigenvalue weighted by Gasteiger charge is -2.25. The van der Waals surface area contributed by atoms with E-state index in [1.165, 1.54) is 25.1 Å². The van der Waals surface area contributed by atoms with E-state index in [2.05, 4.69) is 15.3 Å². The van der Waals surface area contributed by atoms with Crippen molar-refractivity contribution in [3.8, 4) is 0 Å². The lowest BCUT2D eigenvalue weighted by molar-refractivity contribution is 0.102. The van der Waals surface area contributed by atoms with Crippen LogP contribution in [0.1, 0.15) is 36.3 Å². The number of sulfone groups is 1. The van der Waals surface area contributed by atoms with Crippen molar-refractivity contribution in [3.63, 3.8) is 0 Å². The van der Waals surface area contributed by atoms with Gasteiger partial charge in [-0.3, -0.25) is 9.79 Å². The van der Waals surface area contributed by atoms with Gasteiger partial charge >= 0.3 is 0 Å². The van der Waals surface area contributed by atoms with Crippen LogP contribution in [0.4, 0.5) is 14.5 Å². The number of hydrogen-bond donors (Lipinski definition) is 2. The summed E-state index contributed by atoms with van der Waals surface area (Å²) < 4.78 is 52.1. The maximum absolute atomic E-state index is 14.6. The molecule has 3 N–H and O–H groups in total. The lowest BCUT2D eigenvalue weighted by atomic mass is 9.89. The monoisotopic (exact) mass is 422 g/mol. The second kappa shape index (κ2) is 7.51. The Bertz CT molecular complexity index is 1090. The van der Waals surface area contributed by atoms with Gasteiger partial charge in [-0.1, -0.05) is 0 Å². The van der Waals surface area contributed by atoms with Crippen molar-refractivity contribution >= 4 is 27.3 Å². The van der Waals surface area contributed by atoms with Crippen molar-refractivity contribution in [3.05, 3.63) is 59.4 Å². The SMILES string of the molecule is C[C@H]1C(N)=NC(C)(c2cc(NC(=O)c3ccc(F)cn3)ccc2F)CCS1(=O)=O. The number of rotatable bonds is 3. The number of anilines is 1. The van der Waals surface area contributed by atoms with E-state index < -0.39 is 38.2 Å². The second-order valence-electron chi connectivity index (χ2n) is 7.08. The molecule has 2 atom stereocenters. The maximum atomic E-state index is 14.6. The third kappa shape index (κ3) is 4.26. The topological polar surface area (TPSA) is 115 Å². The summed E-state index contributed by atoms with van der Waals surface area (Å²) >= 11 is 0. The molecule has 0 fully saturated rings. The number of benzene rings is 1. The van der Waals surface area contributed by atoms with Crippen LogP contribution in [0, 0.1) is 11.6 Å². The predicted octanol–water partition coefficient (Wildman–Crippen LogP) is 2.39. The summed E-state index contributed by atoms with van der Waals surface area (Å²) in [6.45, 7) is 3.04. The number of aromatic nitrogens is 1. The average molecular weight is 422 g/mol. The molecule has 0 aliphatic carbocycles. The Kier molecular flexibility index (Phi) is 5.40. The minimum Gasteiger partial charge on any atom is -0.386 e. The number of amidine groups is 1.